The summed E-state index contributed by atoms with van der Waals surface area (Å²) in [5.74, 6) is 0.759. The largest absolute Gasteiger partial charge is 0.495 e. The Morgan fingerprint density at radius 1 is 1.42 bits per heavy atom. The average Bonchev–Trinajstić information content (AvgIpc) is 2.79. The van der Waals surface area contributed by atoms with Crippen molar-refractivity contribution in [3.63, 3.8) is 0 Å². The minimum atomic E-state index is 0.198. The maximum absolute atomic E-state index is 6.11. The summed E-state index contributed by atoms with van der Waals surface area (Å²) in [6.07, 6.45) is 0. The molecule has 2 nitrogen and oxygen atoms in total. The molecule has 0 amide bonds. The third-order valence-electron chi connectivity index (χ3n) is 2.89. The highest BCUT2D eigenvalue weighted by atomic mass is 79.9. The molecule has 19 heavy (non-hydrogen) atoms. The quantitative estimate of drug-likeness (QED) is 0.760. The van der Waals surface area contributed by atoms with Crippen LogP contribution in [0, 0.1) is 6.92 Å². The van der Waals surface area contributed by atoms with Gasteiger partial charge in [0.15, 0.2) is 0 Å². The van der Waals surface area contributed by atoms with Crippen LogP contribution >= 0.6 is 38.9 Å². The molecule has 0 bridgehead atoms. The van der Waals surface area contributed by atoms with E-state index in [4.69, 9.17) is 16.3 Å². The average molecular weight is 361 g/mol. The summed E-state index contributed by atoms with van der Waals surface area (Å²) in [5, 5.41) is 6.26. The Kier molecular flexibility index (Phi) is 4.76. The van der Waals surface area contributed by atoms with Gasteiger partial charge in [0.1, 0.15) is 5.75 Å². The molecule has 1 unspecified atom stereocenters. The second-order valence-corrected chi connectivity index (χ2v) is 6.51. The van der Waals surface area contributed by atoms with Gasteiger partial charge in [0.05, 0.1) is 18.8 Å². The van der Waals surface area contributed by atoms with Gasteiger partial charge in [0.25, 0.3) is 0 Å². The first kappa shape index (κ1) is 14.7. The fourth-order valence-corrected chi connectivity index (χ4v) is 3.74. The lowest BCUT2D eigenvalue weighted by atomic mass is 10.1. The number of rotatable bonds is 4. The molecule has 1 N–H and O–H groups in total. The first-order chi connectivity index (χ1) is 9.02. The molecular weight excluding hydrogens is 346 g/mol. The molecule has 1 heterocycles. The highest BCUT2D eigenvalue weighted by Crippen LogP contribution is 2.36. The molecule has 0 aliphatic heterocycles. The predicted molar refractivity (Wildman–Crippen MR) is 86.8 cm³/mol. The molecule has 0 radical (unpaired) electrons. The summed E-state index contributed by atoms with van der Waals surface area (Å²) in [5.41, 5.74) is 1.99. The molecule has 0 aliphatic rings. The zero-order valence-corrected chi connectivity index (χ0v) is 14.1. The maximum Gasteiger partial charge on any atom is 0.143 e. The number of anilines is 1. The Morgan fingerprint density at radius 3 is 2.74 bits per heavy atom. The van der Waals surface area contributed by atoms with E-state index in [9.17, 15) is 0 Å². The number of ether oxygens (including phenoxy) is 1. The summed E-state index contributed by atoms with van der Waals surface area (Å²) in [6, 6.07) is 6.11. The second kappa shape index (κ2) is 6.16. The standard InChI is InChI=1S/C14H15BrClNOS/c1-8-6-12(13(18-3)7-11(8)16)17-9(2)14-10(15)4-5-19-14/h4-7,9,17H,1-3H3. The lowest BCUT2D eigenvalue weighted by molar-refractivity contribution is 0.416. The molecule has 102 valence electrons. The number of methoxy groups -OCH3 is 1. The molecule has 5 heteroatoms. The highest BCUT2D eigenvalue weighted by Gasteiger charge is 2.14. The Bertz CT molecular complexity index is 585. The third-order valence-corrected chi connectivity index (χ3v) is 5.35. The van der Waals surface area contributed by atoms with Crippen LogP contribution < -0.4 is 10.1 Å². The van der Waals surface area contributed by atoms with Crippen molar-refractivity contribution in [2.24, 2.45) is 0 Å². The van der Waals surface area contributed by atoms with Crippen molar-refractivity contribution in [2.75, 3.05) is 12.4 Å². The summed E-state index contributed by atoms with van der Waals surface area (Å²) >= 11 is 11.4. The fraction of sp³-hybridized carbons (Fsp3) is 0.286. The summed E-state index contributed by atoms with van der Waals surface area (Å²) in [4.78, 5) is 1.26. The Hall–Kier alpha value is -0.710. The van der Waals surface area contributed by atoms with Gasteiger partial charge < -0.3 is 10.1 Å². The second-order valence-electron chi connectivity index (χ2n) is 4.30. The van der Waals surface area contributed by atoms with Gasteiger partial charge in [0, 0.05) is 20.4 Å². The summed E-state index contributed by atoms with van der Waals surface area (Å²) in [7, 11) is 1.65. The van der Waals surface area contributed by atoms with Crippen LogP contribution in [0.2, 0.25) is 5.02 Å². The van der Waals surface area contributed by atoms with E-state index in [1.54, 1.807) is 18.4 Å². The minimum absolute atomic E-state index is 0.198. The van der Waals surface area contributed by atoms with Crippen molar-refractivity contribution in [1.82, 2.24) is 0 Å². The van der Waals surface area contributed by atoms with E-state index in [0.717, 1.165) is 21.5 Å². The smallest absolute Gasteiger partial charge is 0.143 e. The van der Waals surface area contributed by atoms with E-state index >= 15 is 0 Å². The zero-order valence-electron chi connectivity index (χ0n) is 11.0. The normalized spacial score (nSPS) is 12.3. The number of aryl methyl sites for hydroxylation is 1. The third kappa shape index (κ3) is 3.25. The maximum atomic E-state index is 6.11. The molecule has 0 saturated carbocycles. The zero-order chi connectivity index (χ0) is 14.0. The van der Waals surface area contributed by atoms with Crippen molar-refractivity contribution in [1.29, 1.82) is 0 Å². The SMILES string of the molecule is COc1cc(Cl)c(C)cc1NC(C)c1sccc1Br. The number of benzene rings is 1. The molecule has 0 spiro atoms. The van der Waals surface area contributed by atoms with Crippen LogP contribution in [0.1, 0.15) is 23.4 Å². The number of hydrogen-bond acceptors (Lipinski definition) is 3. The van der Waals surface area contributed by atoms with E-state index in [1.807, 2.05) is 19.1 Å². The van der Waals surface area contributed by atoms with Gasteiger partial charge in [-0.1, -0.05) is 11.6 Å². The molecule has 0 aliphatic carbocycles. The number of thiophene rings is 1. The molecule has 2 aromatic rings. The first-order valence-electron chi connectivity index (χ1n) is 5.86. The van der Waals surface area contributed by atoms with Crippen LogP contribution in [0.5, 0.6) is 5.75 Å². The van der Waals surface area contributed by atoms with E-state index in [1.165, 1.54) is 4.88 Å². The van der Waals surface area contributed by atoms with Crippen molar-refractivity contribution < 1.29 is 4.74 Å². The van der Waals surface area contributed by atoms with E-state index in [-0.39, 0.29) is 6.04 Å². The van der Waals surface area contributed by atoms with Gasteiger partial charge in [-0.25, -0.2) is 0 Å². The monoisotopic (exact) mass is 359 g/mol. The summed E-state index contributed by atoms with van der Waals surface area (Å²) in [6.45, 7) is 4.11. The molecule has 2 rings (SSSR count). The van der Waals surface area contributed by atoms with Gasteiger partial charge in [0.2, 0.25) is 0 Å². The van der Waals surface area contributed by atoms with Gasteiger partial charge in [-0.15, -0.1) is 11.3 Å². The Labute approximate surface area is 130 Å². The van der Waals surface area contributed by atoms with E-state index < -0.39 is 0 Å². The fourth-order valence-electron chi connectivity index (χ4n) is 1.86. The van der Waals surface area contributed by atoms with Gasteiger partial charge >= 0.3 is 0 Å². The lowest BCUT2D eigenvalue weighted by Gasteiger charge is -2.18. The lowest BCUT2D eigenvalue weighted by Crippen LogP contribution is -2.07. The van der Waals surface area contributed by atoms with Crippen molar-refractivity contribution in [2.45, 2.75) is 19.9 Å². The van der Waals surface area contributed by atoms with E-state index in [2.05, 4.69) is 39.6 Å². The van der Waals surface area contributed by atoms with Crippen LogP contribution in [0.3, 0.4) is 0 Å². The Balaban J connectivity index is 2.28. The molecular formula is C14H15BrClNOS. The first-order valence-corrected chi connectivity index (χ1v) is 7.91. The minimum Gasteiger partial charge on any atom is -0.495 e. The molecule has 1 aromatic carbocycles. The Morgan fingerprint density at radius 2 is 2.16 bits per heavy atom. The highest BCUT2D eigenvalue weighted by molar-refractivity contribution is 9.10. The van der Waals surface area contributed by atoms with Gasteiger partial charge in [-0.3, -0.25) is 0 Å². The van der Waals surface area contributed by atoms with Crippen LogP contribution in [0.15, 0.2) is 28.1 Å². The molecule has 0 saturated heterocycles. The topological polar surface area (TPSA) is 21.3 Å². The number of hydrogen-bond donors (Lipinski definition) is 1. The van der Waals surface area contributed by atoms with Crippen LogP contribution in [0.25, 0.3) is 0 Å². The molecule has 1 aromatic heterocycles. The van der Waals surface area contributed by atoms with Crippen LogP contribution in [0.4, 0.5) is 5.69 Å². The molecule has 0 fully saturated rings. The van der Waals surface area contributed by atoms with Gasteiger partial charge in [-0.05, 0) is 52.9 Å². The van der Waals surface area contributed by atoms with Crippen molar-refractivity contribution in [3.05, 3.63) is 43.5 Å². The summed E-state index contributed by atoms with van der Waals surface area (Å²) < 4.78 is 6.50. The van der Waals surface area contributed by atoms with E-state index in [0.29, 0.717) is 5.02 Å². The van der Waals surface area contributed by atoms with Crippen LogP contribution in [-0.4, -0.2) is 7.11 Å². The molecule has 1 atom stereocenters. The van der Waals surface area contributed by atoms with Crippen molar-refractivity contribution >= 4 is 44.6 Å². The van der Waals surface area contributed by atoms with Crippen molar-refractivity contribution in [3.8, 4) is 5.75 Å². The number of halogens is 2. The van der Waals surface area contributed by atoms with Gasteiger partial charge in [-0.2, -0.15) is 0 Å². The number of nitrogens with one attached hydrogen (secondary N) is 1. The van der Waals surface area contributed by atoms with Crippen LogP contribution in [-0.2, 0) is 0 Å². The predicted octanol–water partition coefficient (Wildman–Crippen LogP) is 5.65.